The van der Waals surface area contributed by atoms with E-state index in [0.717, 1.165) is 49.0 Å². The third-order valence-corrected chi connectivity index (χ3v) is 8.48. The zero-order chi connectivity index (χ0) is 24.2. The van der Waals surface area contributed by atoms with Gasteiger partial charge in [0.25, 0.3) is 0 Å². The number of anilines is 1. The van der Waals surface area contributed by atoms with Crippen LogP contribution in [-0.4, -0.2) is 47.7 Å². The van der Waals surface area contributed by atoms with Crippen LogP contribution in [0.15, 0.2) is 24.3 Å². The molecule has 4 rings (SSSR count). The summed E-state index contributed by atoms with van der Waals surface area (Å²) in [6, 6.07) is 8.87. The van der Waals surface area contributed by atoms with E-state index in [-0.39, 0.29) is 36.5 Å². The van der Waals surface area contributed by atoms with Crippen LogP contribution < -0.4 is 10.6 Å². The van der Waals surface area contributed by atoms with Crippen LogP contribution in [0.5, 0.6) is 0 Å². The van der Waals surface area contributed by atoms with Crippen LogP contribution in [0.4, 0.5) is 5.69 Å². The number of carbonyl (C=O) groups excluding carboxylic acids is 3. The highest BCUT2D eigenvalue weighted by Crippen LogP contribution is 2.42. The summed E-state index contributed by atoms with van der Waals surface area (Å²) < 4.78 is 0. The maximum absolute atomic E-state index is 13.5. The topological polar surface area (TPSA) is 83.7 Å². The summed E-state index contributed by atoms with van der Waals surface area (Å²) in [6.07, 6.45) is 8.45. The molecule has 0 spiro atoms. The van der Waals surface area contributed by atoms with Crippen molar-refractivity contribution < 1.29 is 14.4 Å². The first kappa shape index (κ1) is 24.9. The zero-order valence-corrected chi connectivity index (χ0v) is 20.9. The van der Waals surface area contributed by atoms with Gasteiger partial charge >= 0.3 is 0 Å². The van der Waals surface area contributed by atoms with Crippen LogP contribution in [0.3, 0.4) is 0 Å². The van der Waals surface area contributed by atoms with Crippen molar-refractivity contribution >= 4 is 23.3 Å². The number of likely N-dealkylation sites (tertiary alicyclic amines) is 1. The fourth-order valence-electron chi connectivity index (χ4n) is 6.43. The van der Waals surface area contributed by atoms with E-state index in [1.807, 2.05) is 29.2 Å². The molecule has 34 heavy (non-hydrogen) atoms. The average molecular weight is 468 g/mol. The number of primary amides is 1. The Morgan fingerprint density at radius 3 is 2.29 bits per heavy atom. The van der Waals surface area contributed by atoms with E-state index in [4.69, 9.17) is 5.73 Å². The van der Waals surface area contributed by atoms with Crippen molar-refractivity contribution in [3.63, 3.8) is 0 Å². The largest absolute Gasteiger partial charge is 0.370 e. The number of piperidine rings is 1. The summed E-state index contributed by atoms with van der Waals surface area (Å²) in [6.45, 7) is 6.79. The summed E-state index contributed by atoms with van der Waals surface area (Å²) in [4.78, 5) is 41.8. The smallest absolute Gasteiger partial charge is 0.235 e. The molecular weight excluding hydrogens is 426 g/mol. The van der Waals surface area contributed by atoms with Crippen molar-refractivity contribution in [2.24, 2.45) is 17.6 Å². The van der Waals surface area contributed by atoms with E-state index in [0.29, 0.717) is 18.9 Å². The molecule has 1 atom stereocenters. The number of carbonyl (C=O) groups is 3. The molecule has 1 aromatic rings. The molecule has 186 valence electrons. The van der Waals surface area contributed by atoms with Crippen LogP contribution in [0.2, 0.25) is 0 Å². The molecule has 1 saturated heterocycles. The van der Waals surface area contributed by atoms with Gasteiger partial charge in [-0.3, -0.25) is 14.4 Å². The Morgan fingerprint density at radius 2 is 1.65 bits per heavy atom. The van der Waals surface area contributed by atoms with Crippen LogP contribution >= 0.6 is 0 Å². The second-order valence-corrected chi connectivity index (χ2v) is 11.0. The molecule has 0 radical (unpaired) electrons. The van der Waals surface area contributed by atoms with Gasteiger partial charge in [0.2, 0.25) is 11.8 Å². The van der Waals surface area contributed by atoms with E-state index < -0.39 is 5.92 Å². The monoisotopic (exact) mass is 467 g/mol. The quantitative estimate of drug-likeness (QED) is 0.583. The molecule has 2 amide bonds. The summed E-state index contributed by atoms with van der Waals surface area (Å²) >= 11 is 0. The van der Waals surface area contributed by atoms with Gasteiger partial charge in [-0.25, -0.2) is 0 Å². The molecular formula is C28H41N3O3. The van der Waals surface area contributed by atoms with E-state index >= 15 is 0 Å². The Kier molecular flexibility index (Phi) is 8.07. The molecule has 1 saturated carbocycles. The number of nitrogens with zero attached hydrogens (tertiary/aromatic N) is 2. The molecule has 1 unspecified atom stereocenters. The first-order valence-corrected chi connectivity index (χ1v) is 13.3. The van der Waals surface area contributed by atoms with Gasteiger partial charge in [0, 0.05) is 50.1 Å². The second-order valence-electron chi connectivity index (χ2n) is 11.0. The minimum absolute atomic E-state index is 0.0306. The highest BCUT2D eigenvalue weighted by molar-refractivity contribution is 6.07. The average Bonchev–Trinajstić information content (AvgIpc) is 3.10. The van der Waals surface area contributed by atoms with Gasteiger partial charge in [0.1, 0.15) is 5.78 Å². The van der Waals surface area contributed by atoms with Crippen molar-refractivity contribution in [2.45, 2.75) is 96.1 Å². The van der Waals surface area contributed by atoms with Gasteiger partial charge in [-0.15, -0.1) is 0 Å². The SMILES string of the molecule is CC(C)C1CCC(N2CCC(N3C(=O)C(CC(=O)CCCC(N)=O)c4ccccc43)CC2)CC1. The zero-order valence-electron chi connectivity index (χ0n) is 20.9. The Hall–Kier alpha value is -2.21. The second kappa shape index (κ2) is 11.0. The van der Waals surface area contributed by atoms with Crippen molar-refractivity contribution in [1.82, 2.24) is 4.90 Å². The number of rotatable bonds is 9. The molecule has 3 aliphatic rings. The summed E-state index contributed by atoms with van der Waals surface area (Å²) in [5, 5.41) is 0. The van der Waals surface area contributed by atoms with Gasteiger partial charge in [-0.05, 0) is 68.4 Å². The van der Waals surface area contributed by atoms with E-state index in [2.05, 4.69) is 18.7 Å². The normalized spacial score (nSPS) is 26.1. The highest BCUT2D eigenvalue weighted by atomic mass is 16.2. The number of Topliss-reactive ketones (excluding diaryl/α,β-unsaturated/α-hetero) is 1. The van der Waals surface area contributed by atoms with Crippen molar-refractivity contribution in [3.8, 4) is 0 Å². The lowest BCUT2D eigenvalue weighted by atomic mass is 9.79. The molecule has 6 nitrogen and oxygen atoms in total. The minimum Gasteiger partial charge on any atom is -0.370 e. The fraction of sp³-hybridized carbons (Fsp3) is 0.679. The van der Waals surface area contributed by atoms with Crippen LogP contribution in [0.25, 0.3) is 0 Å². The first-order chi connectivity index (χ1) is 16.3. The van der Waals surface area contributed by atoms with Gasteiger partial charge in [-0.2, -0.15) is 0 Å². The summed E-state index contributed by atoms with van der Waals surface area (Å²) in [5.74, 6) is 0.976. The fourth-order valence-corrected chi connectivity index (χ4v) is 6.43. The van der Waals surface area contributed by atoms with Gasteiger partial charge in [0.15, 0.2) is 0 Å². The molecule has 2 heterocycles. The summed E-state index contributed by atoms with van der Waals surface area (Å²) in [5.41, 5.74) is 7.15. The predicted octanol–water partition coefficient (Wildman–Crippen LogP) is 4.41. The number of nitrogens with two attached hydrogens (primary N) is 1. The number of hydrogen-bond donors (Lipinski definition) is 1. The Morgan fingerprint density at radius 1 is 0.971 bits per heavy atom. The van der Waals surface area contributed by atoms with Gasteiger partial charge in [0.05, 0.1) is 5.92 Å². The lowest BCUT2D eigenvalue weighted by molar-refractivity contribution is -0.125. The van der Waals surface area contributed by atoms with Crippen LogP contribution in [-0.2, 0) is 14.4 Å². The number of fused-ring (bicyclic) bond motifs is 1. The third kappa shape index (κ3) is 5.54. The van der Waals surface area contributed by atoms with Crippen molar-refractivity contribution in [3.05, 3.63) is 29.8 Å². The van der Waals surface area contributed by atoms with E-state index in [9.17, 15) is 14.4 Å². The molecule has 2 aliphatic heterocycles. The number of para-hydroxylation sites is 1. The lowest BCUT2D eigenvalue weighted by Crippen LogP contribution is -2.50. The van der Waals surface area contributed by atoms with Crippen LogP contribution in [0.1, 0.15) is 89.5 Å². The molecule has 2 fully saturated rings. The number of hydrogen-bond acceptors (Lipinski definition) is 4. The van der Waals surface area contributed by atoms with E-state index in [1.165, 1.54) is 25.7 Å². The predicted molar refractivity (Wildman–Crippen MR) is 135 cm³/mol. The van der Waals surface area contributed by atoms with Crippen molar-refractivity contribution in [1.29, 1.82) is 0 Å². The molecule has 0 bridgehead atoms. The van der Waals surface area contributed by atoms with Crippen LogP contribution in [0, 0.1) is 11.8 Å². The maximum atomic E-state index is 13.5. The van der Waals surface area contributed by atoms with Crippen molar-refractivity contribution in [2.75, 3.05) is 18.0 Å². The van der Waals surface area contributed by atoms with Gasteiger partial charge < -0.3 is 15.5 Å². The highest BCUT2D eigenvalue weighted by Gasteiger charge is 2.42. The molecule has 1 aliphatic carbocycles. The molecule has 0 aromatic heterocycles. The molecule has 1 aromatic carbocycles. The Labute approximate surface area is 204 Å². The number of ketones is 1. The summed E-state index contributed by atoms with van der Waals surface area (Å²) in [7, 11) is 0. The maximum Gasteiger partial charge on any atom is 0.235 e. The van der Waals surface area contributed by atoms with Gasteiger partial charge in [-0.1, -0.05) is 32.0 Å². The third-order valence-electron chi connectivity index (χ3n) is 8.48. The Bertz CT molecular complexity index is 883. The number of benzene rings is 1. The standard InChI is InChI=1S/C28H41N3O3/c1-19(2)20-10-12-21(13-11-20)30-16-14-22(15-17-30)31-26-8-4-3-7-24(26)25(28(31)34)18-23(32)6-5-9-27(29)33/h3-4,7-8,19-22,25H,5-6,9-18H2,1-2H3,(H2,29,33). The van der Waals surface area contributed by atoms with E-state index in [1.54, 1.807) is 0 Å². The minimum atomic E-state index is -0.401. The lowest BCUT2D eigenvalue weighted by Gasteiger charge is -2.43. The molecule has 2 N–H and O–H groups in total. The first-order valence-electron chi connectivity index (χ1n) is 13.3. The Balaban J connectivity index is 1.36. The number of amides is 2. The molecule has 6 heteroatoms.